The SMILES string of the molecule is CCOC(=O)C1C=C(C)C=CC(C)=C1. The monoisotopic (exact) mass is 192 g/mol. The van der Waals surface area contributed by atoms with E-state index in [1.807, 2.05) is 45.1 Å². The Labute approximate surface area is 85.0 Å². The van der Waals surface area contributed by atoms with Gasteiger partial charge in [-0.15, -0.1) is 0 Å². The zero-order valence-electron chi connectivity index (χ0n) is 8.91. The van der Waals surface area contributed by atoms with Crippen LogP contribution in [0.2, 0.25) is 0 Å². The number of carbonyl (C=O) groups is 1. The zero-order valence-corrected chi connectivity index (χ0v) is 8.91. The Morgan fingerprint density at radius 1 is 1.29 bits per heavy atom. The summed E-state index contributed by atoms with van der Waals surface area (Å²) in [4.78, 5) is 11.5. The Morgan fingerprint density at radius 3 is 2.21 bits per heavy atom. The van der Waals surface area contributed by atoms with Gasteiger partial charge in [0.05, 0.1) is 12.5 Å². The van der Waals surface area contributed by atoms with Gasteiger partial charge in [0.1, 0.15) is 0 Å². The molecule has 0 amide bonds. The van der Waals surface area contributed by atoms with E-state index in [0.29, 0.717) is 6.61 Å². The topological polar surface area (TPSA) is 26.3 Å². The third-order valence-corrected chi connectivity index (χ3v) is 2.05. The first-order valence-corrected chi connectivity index (χ1v) is 4.85. The van der Waals surface area contributed by atoms with Crippen LogP contribution in [0.3, 0.4) is 0 Å². The van der Waals surface area contributed by atoms with E-state index in [2.05, 4.69) is 0 Å². The van der Waals surface area contributed by atoms with Crippen LogP contribution in [0.5, 0.6) is 0 Å². The van der Waals surface area contributed by atoms with E-state index in [9.17, 15) is 4.79 Å². The highest BCUT2D eigenvalue weighted by molar-refractivity contribution is 5.77. The number of esters is 1. The molecular formula is C12H16O2. The standard InChI is InChI=1S/C12H16O2/c1-4-14-12(13)11-7-9(2)5-6-10(3)8-11/h5-8,11H,4H2,1-3H3. The summed E-state index contributed by atoms with van der Waals surface area (Å²) in [6, 6.07) is 0. The van der Waals surface area contributed by atoms with Gasteiger partial charge in [-0.05, 0) is 20.8 Å². The van der Waals surface area contributed by atoms with Crippen LogP contribution in [-0.2, 0) is 9.53 Å². The van der Waals surface area contributed by atoms with Crippen LogP contribution < -0.4 is 0 Å². The molecule has 0 radical (unpaired) electrons. The van der Waals surface area contributed by atoms with E-state index in [0.717, 1.165) is 11.1 Å². The number of ether oxygens (including phenoxy) is 1. The van der Waals surface area contributed by atoms with Crippen LogP contribution >= 0.6 is 0 Å². The normalized spacial score (nSPS) is 17.1. The molecule has 0 bridgehead atoms. The van der Waals surface area contributed by atoms with Crippen molar-refractivity contribution in [1.82, 2.24) is 0 Å². The van der Waals surface area contributed by atoms with Gasteiger partial charge in [0.15, 0.2) is 0 Å². The summed E-state index contributed by atoms with van der Waals surface area (Å²) in [6.45, 7) is 6.22. The fourth-order valence-electron chi connectivity index (χ4n) is 1.36. The summed E-state index contributed by atoms with van der Waals surface area (Å²) >= 11 is 0. The van der Waals surface area contributed by atoms with Crippen molar-refractivity contribution < 1.29 is 9.53 Å². The molecule has 0 atom stereocenters. The quantitative estimate of drug-likeness (QED) is 0.629. The average Bonchev–Trinajstić information content (AvgIpc) is 2.29. The predicted octanol–water partition coefficient (Wildman–Crippen LogP) is 2.63. The van der Waals surface area contributed by atoms with Crippen molar-refractivity contribution in [1.29, 1.82) is 0 Å². The fourth-order valence-corrected chi connectivity index (χ4v) is 1.36. The lowest BCUT2D eigenvalue weighted by Crippen LogP contribution is -2.14. The van der Waals surface area contributed by atoms with Crippen LogP contribution in [0, 0.1) is 5.92 Å². The Kier molecular flexibility index (Phi) is 3.69. The minimum atomic E-state index is -0.232. The molecule has 0 unspecified atom stereocenters. The number of rotatable bonds is 2. The molecule has 0 saturated carbocycles. The fraction of sp³-hybridized carbons (Fsp3) is 0.417. The molecule has 0 aromatic heterocycles. The average molecular weight is 192 g/mol. The van der Waals surface area contributed by atoms with Gasteiger partial charge in [-0.2, -0.15) is 0 Å². The minimum absolute atomic E-state index is 0.171. The van der Waals surface area contributed by atoms with Crippen molar-refractivity contribution in [2.45, 2.75) is 20.8 Å². The summed E-state index contributed by atoms with van der Waals surface area (Å²) in [5, 5.41) is 0. The highest BCUT2D eigenvalue weighted by Gasteiger charge is 2.15. The number of hydrogen-bond acceptors (Lipinski definition) is 2. The molecule has 2 nitrogen and oxygen atoms in total. The lowest BCUT2D eigenvalue weighted by Gasteiger charge is -2.07. The molecular weight excluding hydrogens is 176 g/mol. The molecule has 0 heterocycles. The molecule has 14 heavy (non-hydrogen) atoms. The van der Waals surface area contributed by atoms with Gasteiger partial charge >= 0.3 is 5.97 Å². The van der Waals surface area contributed by atoms with E-state index in [-0.39, 0.29) is 11.9 Å². The molecule has 0 fully saturated rings. The van der Waals surface area contributed by atoms with Gasteiger partial charge in [0.25, 0.3) is 0 Å². The summed E-state index contributed by atoms with van der Waals surface area (Å²) in [7, 11) is 0. The summed E-state index contributed by atoms with van der Waals surface area (Å²) in [5.41, 5.74) is 2.19. The predicted molar refractivity (Wildman–Crippen MR) is 56.8 cm³/mol. The highest BCUT2D eigenvalue weighted by atomic mass is 16.5. The maximum absolute atomic E-state index is 11.5. The third kappa shape index (κ3) is 2.87. The molecule has 2 heteroatoms. The van der Waals surface area contributed by atoms with Crippen LogP contribution in [-0.4, -0.2) is 12.6 Å². The van der Waals surface area contributed by atoms with Gasteiger partial charge in [0.2, 0.25) is 0 Å². The van der Waals surface area contributed by atoms with Crippen molar-refractivity contribution in [2.24, 2.45) is 5.92 Å². The molecule has 1 rings (SSSR count). The molecule has 0 N–H and O–H groups in total. The van der Waals surface area contributed by atoms with Gasteiger partial charge < -0.3 is 4.74 Å². The maximum Gasteiger partial charge on any atom is 0.316 e. The molecule has 76 valence electrons. The van der Waals surface area contributed by atoms with E-state index in [1.54, 1.807) is 0 Å². The minimum Gasteiger partial charge on any atom is -0.465 e. The molecule has 0 aromatic rings. The van der Waals surface area contributed by atoms with Crippen molar-refractivity contribution in [2.75, 3.05) is 6.61 Å². The van der Waals surface area contributed by atoms with Gasteiger partial charge in [0, 0.05) is 0 Å². The Balaban J connectivity index is 2.83. The molecule has 0 saturated heterocycles. The second kappa shape index (κ2) is 4.80. The first kappa shape index (κ1) is 10.8. The van der Waals surface area contributed by atoms with E-state index in [1.165, 1.54) is 0 Å². The first-order valence-electron chi connectivity index (χ1n) is 4.85. The van der Waals surface area contributed by atoms with Crippen LogP contribution in [0.15, 0.2) is 35.5 Å². The lowest BCUT2D eigenvalue weighted by atomic mass is 10.1. The van der Waals surface area contributed by atoms with E-state index < -0.39 is 0 Å². The molecule has 0 aliphatic heterocycles. The van der Waals surface area contributed by atoms with Crippen molar-refractivity contribution in [3.05, 3.63) is 35.5 Å². The second-order valence-electron chi connectivity index (χ2n) is 3.43. The number of carbonyl (C=O) groups excluding carboxylic acids is 1. The van der Waals surface area contributed by atoms with E-state index >= 15 is 0 Å². The second-order valence-corrected chi connectivity index (χ2v) is 3.43. The Morgan fingerprint density at radius 2 is 1.79 bits per heavy atom. The lowest BCUT2D eigenvalue weighted by molar-refractivity contribution is -0.144. The van der Waals surface area contributed by atoms with Gasteiger partial charge in [-0.25, -0.2) is 0 Å². The third-order valence-electron chi connectivity index (χ3n) is 2.05. The smallest absolute Gasteiger partial charge is 0.316 e. The van der Waals surface area contributed by atoms with Crippen LogP contribution in [0.25, 0.3) is 0 Å². The van der Waals surface area contributed by atoms with Gasteiger partial charge in [-0.1, -0.05) is 35.5 Å². The molecule has 0 aromatic carbocycles. The first-order chi connectivity index (χ1) is 6.63. The molecule has 1 aliphatic carbocycles. The summed E-state index contributed by atoms with van der Waals surface area (Å²) in [5.74, 6) is -0.403. The van der Waals surface area contributed by atoms with Gasteiger partial charge in [-0.3, -0.25) is 4.79 Å². The van der Waals surface area contributed by atoms with Crippen molar-refractivity contribution >= 4 is 5.97 Å². The number of hydrogen-bond donors (Lipinski definition) is 0. The van der Waals surface area contributed by atoms with Crippen LogP contribution in [0.1, 0.15) is 20.8 Å². The molecule has 0 spiro atoms. The molecule has 1 aliphatic rings. The van der Waals surface area contributed by atoms with Crippen LogP contribution in [0.4, 0.5) is 0 Å². The Hall–Kier alpha value is -1.31. The Bertz CT molecular complexity index is 286. The summed E-state index contributed by atoms with van der Waals surface area (Å²) < 4.78 is 4.98. The highest BCUT2D eigenvalue weighted by Crippen LogP contribution is 2.16. The van der Waals surface area contributed by atoms with E-state index in [4.69, 9.17) is 4.74 Å². The summed E-state index contributed by atoms with van der Waals surface area (Å²) in [6.07, 6.45) is 7.85. The maximum atomic E-state index is 11.5. The number of allylic oxidation sites excluding steroid dienone is 4. The largest absolute Gasteiger partial charge is 0.465 e. The van der Waals surface area contributed by atoms with Crippen molar-refractivity contribution in [3.63, 3.8) is 0 Å². The van der Waals surface area contributed by atoms with Crippen molar-refractivity contribution in [3.8, 4) is 0 Å². The zero-order chi connectivity index (χ0) is 10.6.